The number of benzene rings is 1. The number of nitrogens with one attached hydrogen (secondary N) is 2. The highest BCUT2D eigenvalue weighted by atomic mass is 35.5. The van der Waals surface area contributed by atoms with Crippen molar-refractivity contribution in [3.05, 3.63) is 70.9 Å². The molecule has 1 saturated heterocycles. The number of anilines is 4. The van der Waals surface area contributed by atoms with Crippen LogP contribution in [-0.4, -0.2) is 42.2 Å². The topological polar surface area (TPSA) is 79.4 Å². The first kappa shape index (κ1) is 21.0. The van der Waals surface area contributed by atoms with Crippen molar-refractivity contribution in [2.75, 3.05) is 41.8 Å². The number of pyridine rings is 2. The minimum atomic E-state index is -0.507. The normalized spacial score (nSPS) is 13.7. The number of nitrogens with zero attached hydrogens (tertiary/aromatic N) is 3. The maximum atomic E-state index is 14.2. The lowest BCUT2D eigenvalue weighted by atomic mass is 10.1. The van der Waals surface area contributed by atoms with Crippen LogP contribution < -0.4 is 15.5 Å². The van der Waals surface area contributed by atoms with Crippen LogP contribution in [0, 0.1) is 12.7 Å². The minimum absolute atomic E-state index is 0.223. The Balaban J connectivity index is 1.52. The van der Waals surface area contributed by atoms with Gasteiger partial charge in [-0.2, -0.15) is 0 Å². The molecule has 1 aliphatic heterocycles. The van der Waals surface area contributed by atoms with Crippen LogP contribution in [0.15, 0.2) is 48.9 Å². The van der Waals surface area contributed by atoms with E-state index in [1.54, 1.807) is 24.5 Å². The van der Waals surface area contributed by atoms with E-state index in [2.05, 4.69) is 25.5 Å². The van der Waals surface area contributed by atoms with Crippen molar-refractivity contribution in [2.24, 2.45) is 0 Å². The Morgan fingerprint density at radius 3 is 2.68 bits per heavy atom. The number of carbonyl (C=O) groups excluding carboxylic acids is 1. The third-order valence-electron chi connectivity index (χ3n) is 4.95. The van der Waals surface area contributed by atoms with Crippen molar-refractivity contribution >= 4 is 40.4 Å². The molecule has 3 aromatic rings. The maximum Gasteiger partial charge on any atom is 0.257 e. The molecule has 4 rings (SSSR count). The van der Waals surface area contributed by atoms with E-state index in [1.807, 2.05) is 13.0 Å². The molecular weight excluding hydrogens is 421 g/mol. The highest BCUT2D eigenvalue weighted by Gasteiger charge is 2.17. The van der Waals surface area contributed by atoms with E-state index in [1.165, 1.54) is 18.3 Å². The summed E-state index contributed by atoms with van der Waals surface area (Å²) in [6.45, 7) is 4.73. The van der Waals surface area contributed by atoms with Crippen LogP contribution in [0.5, 0.6) is 0 Å². The van der Waals surface area contributed by atoms with Crippen molar-refractivity contribution in [1.29, 1.82) is 0 Å². The first-order chi connectivity index (χ1) is 15.0. The predicted octanol–water partition coefficient (Wildman–Crippen LogP) is 4.41. The number of rotatable bonds is 5. The highest BCUT2D eigenvalue weighted by Crippen LogP contribution is 2.28. The molecule has 160 valence electrons. The second kappa shape index (κ2) is 9.28. The molecule has 1 aromatic carbocycles. The van der Waals surface area contributed by atoms with E-state index in [0.717, 1.165) is 24.5 Å². The van der Waals surface area contributed by atoms with Crippen LogP contribution in [0.25, 0.3) is 0 Å². The van der Waals surface area contributed by atoms with E-state index in [0.29, 0.717) is 35.2 Å². The molecule has 1 fully saturated rings. The van der Waals surface area contributed by atoms with Gasteiger partial charge in [0.2, 0.25) is 0 Å². The zero-order chi connectivity index (χ0) is 21.8. The van der Waals surface area contributed by atoms with Gasteiger partial charge in [0.05, 0.1) is 42.0 Å². The average Bonchev–Trinajstić information content (AvgIpc) is 2.77. The van der Waals surface area contributed by atoms with Crippen molar-refractivity contribution < 1.29 is 13.9 Å². The van der Waals surface area contributed by atoms with E-state index >= 15 is 0 Å². The fourth-order valence-corrected chi connectivity index (χ4v) is 3.43. The van der Waals surface area contributed by atoms with Crippen molar-refractivity contribution in [3.63, 3.8) is 0 Å². The Labute approximate surface area is 184 Å². The highest BCUT2D eigenvalue weighted by molar-refractivity contribution is 6.30. The number of carbonyl (C=O) groups is 1. The minimum Gasteiger partial charge on any atom is -0.378 e. The Morgan fingerprint density at radius 2 is 1.94 bits per heavy atom. The summed E-state index contributed by atoms with van der Waals surface area (Å²) in [7, 11) is 0. The summed E-state index contributed by atoms with van der Waals surface area (Å²) < 4.78 is 19.5. The average molecular weight is 442 g/mol. The molecule has 2 N–H and O–H groups in total. The van der Waals surface area contributed by atoms with Crippen molar-refractivity contribution in [2.45, 2.75) is 6.92 Å². The molecule has 0 atom stereocenters. The lowest BCUT2D eigenvalue weighted by Gasteiger charge is -2.28. The molecule has 0 aliphatic carbocycles. The van der Waals surface area contributed by atoms with E-state index in [4.69, 9.17) is 16.3 Å². The molecule has 0 saturated carbocycles. The third kappa shape index (κ3) is 4.92. The molecule has 0 unspecified atom stereocenters. The molecule has 7 nitrogen and oxygen atoms in total. The molecule has 0 radical (unpaired) electrons. The Hall–Kier alpha value is -3.23. The smallest absolute Gasteiger partial charge is 0.257 e. The van der Waals surface area contributed by atoms with Crippen molar-refractivity contribution in [1.82, 2.24) is 9.97 Å². The summed E-state index contributed by atoms with van der Waals surface area (Å²) in [6.07, 6.45) is 4.63. The van der Waals surface area contributed by atoms with Gasteiger partial charge in [-0.05, 0) is 42.8 Å². The molecule has 1 amide bonds. The first-order valence-corrected chi connectivity index (χ1v) is 10.2. The maximum absolute atomic E-state index is 14.2. The summed E-state index contributed by atoms with van der Waals surface area (Å²) in [6, 6.07) is 7.85. The van der Waals surface area contributed by atoms with Gasteiger partial charge in [-0.15, -0.1) is 0 Å². The second-order valence-electron chi connectivity index (χ2n) is 7.08. The van der Waals surface area contributed by atoms with Gasteiger partial charge in [-0.3, -0.25) is 9.78 Å². The number of amides is 1. The van der Waals surface area contributed by atoms with Gasteiger partial charge in [-0.1, -0.05) is 11.6 Å². The van der Waals surface area contributed by atoms with Gasteiger partial charge >= 0.3 is 0 Å². The second-order valence-corrected chi connectivity index (χ2v) is 7.52. The van der Waals surface area contributed by atoms with Crippen LogP contribution in [0.2, 0.25) is 5.02 Å². The summed E-state index contributed by atoms with van der Waals surface area (Å²) in [5.41, 5.74) is 2.40. The molecule has 0 spiro atoms. The molecule has 9 heteroatoms. The van der Waals surface area contributed by atoms with Crippen LogP contribution in [0.3, 0.4) is 0 Å². The first-order valence-electron chi connectivity index (χ1n) is 9.78. The fourth-order valence-electron chi connectivity index (χ4n) is 3.27. The SMILES string of the molecule is Cc1cc(N2CCOCC2)ncc1C(=O)Nc1ccncc1Nc1ccc(Cl)cc1F. The number of ether oxygens (including phenoxy) is 1. The molecule has 2 aromatic heterocycles. The fraction of sp³-hybridized carbons (Fsp3) is 0.227. The molecule has 31 heavy (non-hydrogen) atoms. The Morgan fingerprint density at radius 1 is 1.13 bits per heavy atom. The number of morpholine rings is 1. The summed E-state index contributed by atoms with van der Waals surface area (Å²) in [4.78, 5) is 23.6. The van der Waals surface area contributed by atoms with Gasteiger partial charge in [-0.25, -0.2) is 9.37 Å². The number of aromatic nitrogens is 2. The van der Waals surface area contributed by atoms with Gasteiger partial charge < -0.3 is 20.3 Å². The number of hydrogen-bond donors (Lipinski definition) is 2. The quantitative estimate of drug-likeness (QED) is 0.610. The zero-order valence-corrected chi connectivity index (χ0v) is 17.6. The number of halogens is 2. The van der Waals surface area contributed by atoms with E-state index in [9.17, 15) is 9.18 Å². The van der Waals surface area contributed by atoms with E-state index < -0.39 is 5.82 Å². The molecule has 0 bridgehead atoms. The van der Waals surface area contributed by atoms with Gasteiger partial charge in [0, 0.05) is 30.5 Å². The van der Waals surface area contributed by atoms with Gasteiger partial charge in [0.15, 0.2) is 0 Å². The predicted molar refractivity (Wildman–Crippen MR) is 119 cm³/mol. The van der Waals surface area contributed by atoms with E-state index in [-0.39, 0.29) is 11.6 Å². The van der Waals surface area contributed by atoms with Crippen LogP contribution in [0.4, 0.5) is 27.3 Å². The Bertz CT molecular complexity index is 1110. The van der Waals surface area contributed by atoms with Crippen LogP contribution in [0.1, 0.15) is 15.9 Å². The summed E-state index contributed by atoms with van der Waals surface area (Å²) in [5.74, 6) is -0.00133. The van der Waals surface area contributed by atoms with Crippen LogP contribution >= 0.6 is 11.6 Å². The standard InChI is InChI=1S/C22H21ClFN5O2/c1-14-10-21(29-6-8-31-9-7-29)26-12-16(14)22(30)28-19-4-5-25-13-20(19)27-18-3-2-15(23)11-17(18)24/h2-5,10-13,27H,6-9H2,1H3,(H,25,28,30). The monoisotopic (exact) mass is 441 g/mol. The summed E-state index contributed by atoms with van der Waals surface area (Å²) in [5, 5.41) is 6.10. The lowest BCUT2D eigenvalue weighted by molar-refractivity contribution is 0.102. The largest absolute Gasteiger partial charge is 0.378 e. The van der Waals surface area contributed by atoms with Gasteiger partial charge in [0.25, 0.3) is 5.91 Å². The zero-order valence-electron chi connectivity index (χ0n) is 16.9. The third-order valence-corrected chi connectivity index (χ3v) is 5.18. The van der Waals surface area contributed by atoms with Crippen molar-refractivity contribution in [3.8, 4) is 0 Å². The Kier molecular flexibility index (Phi) is 6.29. The lowest BCUT2D eigenvalue weighted by Crippen LogP contribution is -2.36. The molecular formula is C22H21ClFN5O2. The van der Waals surface area contributed by atoms with Crippen LogP contribution in [-0.2, 0) is 4.74 Å². The molecule has 3 heterocycles. The number of aryl methyl sites for hydroxylation is 1. The van der Waals surface area contributed by atoms with Gasteiger partial charge in [0.1, 0.15) is 11.6 Å². The molecule has 1 aliphatic rings. The number of hydrogen-bond acceptors (Lipinski definition) is 6. The summed E-state index contributed by atoms with van der Waals surface area (Å²) >= 11 is 5.81.